The molecule has 1 saturated heterocycles. The molecule has 0 aromatic carbocycles. The fraction of sp³-hybridized carbons (Fsp3) is 0.692. The first kappa shape index (κ1) is 12.6. The predicted octanol–water partition coefficient (Wildman–Crippen LogP) is 0.366. The largest absolute Gasteiger partial charge is 0.368 e. The summed E-state index contributed by atoms with van der Waals surface area (Å²) >= 11 is 0. The summed E-state index contributed by atoms with van der Waals surface area (Å²) in [7, 11) is 2.17. The van der Waals surface area contributed by atoms with Gasteiger partial charge < -0.3 is 16.0 Å². The van der Waals surface area contributed by atoms with Crippen LogP contribution in [-0.2, 0) is 0 Å². The number of aromatic nitrogens is 2. The van der Waals surface area contributed by atoms with Gasteiger partial charge in [0, 0.05) is 44.3 Å². The van der Waals surface area contributed by atoms with Crippen LogP contribution in [0.2, 0.25) is 0 Å². The van der Waals surface area contributed by atoms with Crippen molar-refractivity contribution in [3.05, 3.63) is 12.4 Å². The number of piperazine rings is 1. The molecule has 6 heteroatoms. The second-order valence-electron chi connectivity index (χ2n) is 5.43. The normalized spacial score (nSPS) is 24.2. The lowest BCUT2D eigenvalue weighted by Crippen LogP contribution is -2.52. The molecule has 3 rings (SSSR count). The summed E-state index contributed by atoms with van der Waals surface area (Å²) in [6, 6.07) is 3.13. The molecule has 0 bridgehead atoms. The van der Waals surface area contributed by atoms with Crippen LogP contribution in [-0.4, -0.2) is 60.2 Å². The molecule has 6 nitrogen and oxygen atoms in total. The SMILES string of the molecule is CN1CCNCC1CNc1cc(NC2CC2)ncn1. The highest BCUT2D eigenvalue weighted by Gasteiger charge is 2.21. The number of hydrogen-bond donors (Lipinski definition) is 3. The highest BCUT2D eigenvalue weighted by atomic mass is 15.2. The molecular weight excluding hydrogens is 240 g/mol. The van der Waals surface area contributed by atoms with Gasteiger partial charge in [-0.25, -0.2) is 9.97 Å². The van der Waals surface area contributed by atoms with Crippen molar-refractivity contribution in [2.45, 2.75) is 24.9 Å². The lowest BCUT2D eigenvalue weighted by molar-refractivity contribution is 0.209. The Labute approximate surface area is 114 Å². The van der Waals surface area contributed by atoms with Crippen LogP contribution >= 0.6 is 0 Å². The molecule has 2 fully saturated rings. The predicted molar refractivity (Wildman–Crippen MR) is 76.5 cm³/mol. The van der Waals surface area contributed by atoms with Crippen LogP contribution < -0.4 is 16.0 Å². The fourth-order valence-corrected chi connectivity index (χ4v) is 2.28. The molecule has 104 valence electrons. The van der Waals surface area contributed by atoms with E-state index >= 15 is 0 Å². The second kappa shape index (κ2) is 5.71. The van der Waals surface area contributed by atoms with Gasteiger partial charge in [-0.1, -0.05) is 0 Å². The van der Waals surface area contributed by atoms with E-state index in [-0.39, 0.29) is 0 Å². The van der Waals surface area contributed by atoms with E-state index in [1.807, 2.05) is 6.07 Å². The van der Waals surface area contributed by atoms with Crippen LogP contribution in [0.1, 0.15) is 12.8 Å². The molecule has 1 aromatic heterocycles. The molecule has 0 radical (unpaired) electrons. The van der Waals surface area contributed by atoms with Crippen molar-refractivity contribution in [3.8, 4) is 0 Å². The van der Waals surface area contributed by atoms with E-state index in [0.29, 0.717) is 12.1 Å². The Kier molecular flexibility index (Phi) is 3.79. The molecule has 2 aliphatic rings. The van der Waals surface area contributed by atoms with Gasteiger partial charge in [-0.05, 0) is 19.9 Å². The molecule has 1 atom stereocenters. The van der Waals surface area contributed by atoms with Crippen molar-refractivity contribution in [2.75, 3.05) is 43.9 Å². The van der Waals surface area contributed by atoms with Crippen LogP contribution in [0, 0.1) is 0 Å². The maximum Gasteiger partial charge on any atom is 0.131 e. The third kappa shape index (κ3) is 3.54. The minimum absolute atomic E-state index is 0.517. The van der Waals surface area contributed by atoms with Crippen molar-refractivity contribution < 1.29 is 0 Å². The molecule has 0 amide bonds. The molecular formula is C13H22N6. The monoisotopic (exact) mass is 262 g/mol. The van der Waals surface area contributed by atoms with Crippen LogP contribution in [0.15, 0.2) is 12.4 Å². The molecule has 2 heterocycles. The van der Waals surface area contributed by atoms with Crippen molar-refractivity contribution in [3.63, 3.8) is 0 Å². The summed E-state index contributed by atoms with van der Waals surface area (Å²) in [5, 5.41) is 10.2. The zero-order chi connectivity index (χ0) is 13.1. The Morgan fingerprint density at radius 2 is 2.21 bits per heavy atom. The van der Waals surface area contributed by atoms with Gasteiger partial charge >= 0.3 is 0 Å². The average Bonchev–Trinajstić information content (AvgIpc) is 3.22. The Hall–Kier alpha value is -1.40. The third-order valence-electron chi connectivity index (χ3n) is 3.76. The van der Waals surface area contributed by atoms with Crippen LogP contribution in [0.25, 0.3) is 0 Å². The van der Waals surface area contributed by atoms with Gasteiger partial charge in [0.15, 0.2) is 0 Å². The van der Waals surface area contributed by atoms with Gasteiger partial charge in [-0.15, -0.1) is 0 Å². The number of hydrogen-bond acceptors (Lipinski definition) is 6. The summed E-state index contributed by atoms with van der Waals surface area (Å²) < 4.78 is 0. The summed E-state index contributed by atoms with van der Waals surface area (Å²) in [6.07, 6.45) is 4.13. The number of likely N-dealkylation sites (N-methyl/N-ethyl adjacent to an activating group) is 1. The van der Waals surface area contributed by atoms with E-state index in [1.54, 1.807) is 6.33 Å². The quantitative estimate of drug-likeness (QED) is 0.712. The van der Waals surface area contributed by atoms with Gasteiger partial charge in [0.05, 0.1) is 0 Å². The molecule has 19 heavy (non-hydrogen) atoms. The van der Waals surface area contributed by atoms with Gasteiger partial charge in [0.25, 0.3) is 0 Å². The zero-order valence-corrected chi connectivity index (χ0v) is 11.4. The minimum Gasteiger partial charge on any atom is -0.368 e. The zero-order valence-electron chi connectivity index (χ0n) is 11.4. The van der Waals surface area contributed by atoms with Crippen LogP contribution in [0.5, 0.6) is 0 Å². The van der Waals surface area contributed by atoms with Crippen molar-refractivity contribution in [1.29, 1.82) is 0 Å². The van der Waals surface area contributed by atoms with E-state index < -0.39 is 0 Å². The second-order valence-corrected chi connectivity index (χ2v) is 5.43. The summed E-state index contributed by atoms with van der Waals surface area (Å²) in [6.45, 7) is 4.12. The van der Waals surface area contributed by atoms with Gasteiger partial charge in [0.2, 0.25) is 0 Å². The molecule has 1 aliphatic carbocycles. The highest BCUT2D eigenvalue weighted by Crippen LogP contribution is 2.24. The van der Waals surface area contributed by atoms with E-state index in [1.165, 1.54) is 12.8 Å². The van der Waals surface area contributed by atoms with E-state index in [2.05, 4.69) is 37.9 Å². The number of nitrogens with one attached hydrogen (secondary N) is 3. The van der Waals surface area contributed by atoms with Crippen LogP contribution in [0.3, 0.4) is 0 Å². The van der Waals surface area contributed by atoms with E-state index in [9.17, 15) is 0 Å². The summed E-state index contributed by atoms with van der Waals surface area (Å²) in [4.78, 5) is 10.9. The lowest BCUT2D eigenvalue weighted by atomic mass is 10.2. The fourth-order valence-electron chi connectivity index (χ4n) is 2.28. The Balaban J connectivity index is 1.53. The van der Waals surface area contributed by atoms with Crippen molar-refractivity contribution >= 4 is 11.6 Å². The van der Waals surface area contributed by atoms with Gasteiger partial charge in [0.1, 0.15) is 18.0 Å². The van der Waals surface area contributed by atoms with Crippen LogP contribution in [0.4, 0.5) is 11.6 Å². The molecule has 1 saturated carbocycles. The Morgan fingerprint density at radius 3 is 3.00 bits per heavy atom. The minimum atomic E-state index is 0.517. The molecule has 3 N–H and O–H groups in total. The lowest BCUT2D eigenvalue weighted by Gasteiger charge is -2.33. The summed E-state index contributed by atoms with van der Waals surface area (Å²) in [5.41, 5.74) is 0. The van der Waals surface area contributed by atoms with E-state index in [0.717, 1.165) is 37.8 Å². The maximum absolute atomic E-state index is 4.28. The van der Waals surface area contributed by atoms with Crippen molar-refractivity contribution in [1.82, 2.24) is 20.2 Å². The first-order chi connectivity index (χ1) is 9.31. The maximum atomic E-state index is 4.28. The smallest absolute Gasteiger partial charge is 0.131 e. The van der Waals surface area contributed by atoms with Crippen molar-refractivity contribution in [2.24, 2.45) is 0 Å². The molecule has 1 unspecified atom stereocenters. The Bertz CT molecular complexity index is 419. The average molecular weight is 262 g/mol. The van der Waals surface area contributed by atoms with Gasteiger partial charge in [-0.2, -0.15) is 0 Å². The highest BCUT2D eigenvalue weighted by molar-refractivity contribution is 5.47. The first-order valence-corrected chi connectivity index (χ1v) is 7.04. The third-order valence-corrected chi connectivity index (χ3v) is 3.76. The van der Waals surface area contributed by atoms with E-state index in [4.69, 9.17) is 0 Å². The number of rotatable bonds is 5. The Morgan fingerprint density at radius 1 is 1.37 bits per heavy atom. The number of anilines is 2. The first-order valence-electron chi connectivity index (χ1n) is 7.04. The molecule has 0 spiro atoms. The molecule has 1 aliphatic heterocycles. The molecule has 1 aromatic rings. The number of nitrogens with zero attached hydrogens (tertiary/aromatic N) is 3. The van der Waals surface area contributed by atoms with Gasteiger partial charge in [-0.3, -0.25) is 4.90 Å². The standard InChI is InChI=1S/C13H22N6/c1-19-5-4-14-7-11(19)8-15-12-6-13(17-9-16-12)18-10-2-3-10/h6,9-11,14H,2-5,7-8H2,1H3,(H2,15,16,17,18). The summed E-state index contributed by atoms with van der Waals surface area (Å²) in [5.74, 6) is 1.83. The topological polar surface area (TPSA) is 65.1 Å².